The number of nitrogens with zero attached hydrogens (tertiary/aromatic N) is 3. The van der Waals surface area contributed by atoms with Gasteiger partial charge in [0.05, 0.1) is 16.9 Å². The summed E-state index contributed by atoms with van der Waals surface area (Å²) in [5, 5.41) is 3.09. The first-order chi connectivity index (χ1) is 17.7. The molecule has 0 atom stereocenters. The third kappa shape index (κ3) is 4.00. The molecule has 4 aromatic rings. The quantitative estimate of drug-likeness (QED) is 0.334. The largest absolute Gasteiger partial charge is 0.331 e. The number of aryl methyl sites for hydroxylation is 4. The molecule has 3 heterocycles. The molecule has 0 spiro atoms. The number of imide groups is 1. The van der Waals surface area contributed by atoms with E-state index in [1.165, 1.54) is 28.9 Å². The lowest BCUT2D eigenvalue weighted by Gasteiger charge is -2.13. The van der Waals surface area contributed by atoms with Crippen LogP contribution in [0.25, 0.3) is 17.0 Å². The smallest absolute Gasteiger partial charge is 0.295 e. The highest BCUT2D eigenvalue weighted by molar-refractivity contribution is 6.53. The summed E-state index contributed by atoms with van der Waals surface area (Å²) in [6.45, 7) is 7.56. The fourth-order valence-corrected chi connectivity index (χ4v) is 4.75. The maximum Gasteiger partial charge on any atom is 0.331 e. The van der Waals surface area contributed by atoms with E-state index in [0.717, 1.165) is 28.0 Å². The Morgan fingerprint density at radius 2 is 1.68 bits per heavy atom. The third-order valence-electron chi connectivity index (χ3n) is 6.59. The zero-order chi connectivity index (χ0) is 26.4. The van der Waals surface area contributed by atoms with Crippen molar-refractivity contribution in [2.24, 2.45) is 0 Å². The predicted octanol–water partition coefficient (Wildman–Crippen LogP) is 4.02. The number of nitrogens with one attached hydrogen (secondary N) is 1. The van der Waals surface area contributed by atoms with Gasteiger partial charge in [-0.3, -0.25) is 19.5 Å². The average Bonchev–Trinajstić information content (AvgIpc) is 3.30. The molecule has 0 aliphatic carbocycles. The fourth-order valence-electron chi connectivity index (χ4n) is 4.75. The second kappa shape index (κ2) is 9.13. The number of benzene rings is 2. The number of carbonyl (C=O) groups excluding carboxylic acids is 2. The van der Waals surface area contributed by atoms with Crippen LogP contribution in [-0.2, 0) is 16.0 Å². The number of pyridine rings is 1. The second-order valence-electron chi connectivity index (χ2n) is 9.16. The first-order valence-corrected chi connectivity index (χ1v) is 12.0. The summed E-state index contributed by atoms with van der Waals surface area (Å²) in [6, 6.07) is 14.5. The van der Waals surface area contributed by atoms with Crippen LogP contribution in [0.1, 0.15) is 34.9 Å². The zero-order valence-corrected chi connectivity index (χ0v) is 21.0. The highest BCUT2D eigenvalue weighted by Gasteiger charge is 2.48. The van der Waals surface area contributed by atoms with Gasteiger partial charge in [0.2, 0.25) is 0 Å². The van der Waals surface area contributed by atoms with Crippen LogP contribution in [0.5, 0.6) is 0 Å². The number of aromatic amines is 1. The number of hydrogen-bond donors (Lipinski definition) is 1. The van der Waals surface area contributed by atoms with Crippen molar-refractivity contribution in [2.75, 3.05) is 4.90 Å². The van der Waals surface area contributed by atoms with Crippen molar-refractivity contribution in [3.05, 3.63) is 111 Å². The number of carbonyl (C=O) groups is 2. The third-order valence-corrected chi connectivity index (χ3v) is 6.59. The second-order valence-corrected chi connectivity index (χ2v) is 9.16. The molecule has 2 aromatic heterocycles. The summed E-state index contributed by atoms with van der Waals surface area (Å²) in [5.74, 6) is -1.73. The molecule has 1 N–H and O–H groups in total. The Hall–Kier alpha value is -4.59. The van der Waals surface area contributed by atoms with Gasteiger partial charge in [0, 0.05) is 17.3 Å². The van der Waals surface area contributed by atoms with Crippen LogP contribution in [-0.4, -0.2) is 21.6 Å². The van der Waals surface area contributed by atoms with E-state index in [2.05, 4.69) is 5.10 Å². The molecule has 2 aromatic carbocycles. The molecule has 0 unspecified atom stereocenters. The number of amides is 2. The van der Waals surface area contributed by atoms with E-state index in [0.29, 0.717) is 11.4 Å². The molecule has 8 heteroatoms. The minimum atomic E-state index is -0.645. The Balaban J connectivity index is 1.76. The van der Waals surface area contributed by atoms with Crippen LogP contribution in [0.2, 0.25) is 0 Å². The molecule has 0 saturated carbocycles. The van der Waals surface area contributed by atoms with Crippen molar-refractivity contribution in [3.8, 4) is 5.69 Å². The highest BCUT2D eigenvalue weighted by Crippen LogP contribution is 2.33. The molecule has 2 amide bonds. The minimum Gasteiger partial charge on any atom is -0.295 e. The molecule has 1 aliphatic heterocycles. The average molecular weight is 498 g/mol. The van der Waals surface area contributed by atoms with Gasteiger partial charge >= 0.3 is 5.91 Å². The van der Waals surface area contributed by atoms with E-state index in [4.69, 9.17) is 0 Å². The lowest BCUT2D eigenvalue weighted by molar-refractivity contribution is -0.577. The number of halogens is 1. The van der Waals surface area contributed by atoms with Gasteiger partial charge in [-0.15, -0.1) is 0 Å². The van der Waals surface area contributed by atoms with Gasteiger partial charge in [-0.2, -0.15) is 4.57 Å². The summed E-state index contributed by atoms with van der Waals surface area (Å²) < 4.78 is 16.6. The summed E-state index contributed by atoms with van der Waals surface area (Å²) >= 11 is 0. The molecule has 5 rings (SSSR count). The number of aromatic nitrogens is 3. The van der Waals surface area contributed by atoms with Crippen LogP contribution in [0, 0.1) is 26.6 Å². The van der Waals surface area contributed by atoms with Crippen molar-refractivity contribution in [2.45, 2.75) is 34.1 Å². The number of rotatable bonds is 5. The number of hydrogen-bond acceptors (Lipinski definition) is 3. The van der Waals surface area contributed by atoms with Crippen molar-refractivity contribution in [3.63, 3.8) is 0 Å². The molecule has 0 saturated heterocycles. The Labute approximate surface area is 213 Å². The molecular weight excluding hydrogens is 471 g/mol. The van der Waals surface area contributed by atoms with E-state index in [1.54, 1.807) is 30.0 Å². The van der Waals surface area contributed by atoms with E-state index >= 15 is 0 Å². The van der Waals surface area contributed by atoms with Gasteiger partial charge in [0.1, 0.15) is 11.4 Å². The van der Waals surface area contributed by atoms with E-state index in [9.17, 15) is 18.8 Å². The lowest BCUT2D eigenvalue weighted by atomic mass is 10.0. The molecule has 0 radical (unpaired) electrons. The summed E-state index contributed by atoms with van der Waals surface area (Å²) in [7, 11) is 0. The van der Waals surface area contributed by atoms with Gasteiger partial charge < -0.3 is 0 Å². The Kier molecular flexibility index (Phi) is 5.95. The SMILES string of the molecule is CCc1ccc[n+](C2=C(c3c(C)[nH]n(-c4ccc(C)cc4C)c3=O)C(=O)N(c3ccc(F)cc3)C2=O)c1. The first-order valence-electron chi connectivity index (χ1n) is 12.0. The van der Waals surface area contributed by atoms with Gasteiger partial charge in [-0.25, -0.2) is 14.0 Å². The fraction of sp³-hybridized carbons (Fsp3) is 0.172. The summed E-state index contributed by atoms with van der Waals surface area (Å²) in [5.41, 5.74) is 3.96. The Bertz CT molecular complexity index is 1660. The molecular formula is C29H26FN4O3+. The summed E-state index contributed by atoms with van der Waals surface area (Å²) in [4.78, 5) is 42.5. The standard InChI is InChI=1S/C29H25FN4O3/c1-5-20-7-6-14-32(16-20)26-25(27(35)33(29(26)37)22-11-9-21(30)10-12-22)24-19(4)31-34(28(24)36)23-13-8-17(2)15-18(23)3/h6-16H,5H2,1-4H3/p+1. The Morgan fingerprint density at radius 1 is 0.946 bits per heavy atom. The van der Waals surface area contributed by atoms with Crippen molar-refractivity contribution in [1.82, 2.24) is 9.78 Å². The van der Waals surface area contributed by atoms with Gasteiger partial charge in [-0.1, -0.05) is 24.6 Å². The zero-order valence-electron chi connectivity index (χ0n) is 21.0. The van der Waals surface area contributed by atoms with Crippen LogP contribution in [0.3, 0.4) is 0 Å². The maximum absolute atomic E-state index is 13.9. The highest BCUT2D eigenvalue weighted by atomic mass is 19.1. The van der Waals surface area contributed by atoms with Crippen molar-refractivity contribution < 1.29 is 18.5 Å². The van der Waals surface area contributed by atoms with Gasteiger partial charge in [-0.05, 0) is 69.2 Å². The van der Waals surface area contributed by atoms with Crippen molar-refractivity contribution in [1.29, 1.82) is 0 Å². The van der Waals surface area contributed by atoms with E-state index in [1.807, 2.05) is 45.0 Å². The van der Waals surface area contributed by atoms with Gasteiger partial charge in [0.25, 0.3) is 17.2 Å². The number of anilines is 1. The number of H-pyrrole nitrogens is 1. The molecule has 1 aliphatic rings. The normalized spacial score (nSPS) is 13.7. The van der Waals surface area contributed by atoms with E-state index < -0.39 is 23.2 Å². The molecule has 37 heavy (non-hydrogen) atoms. The van der Waals surface area contributed by atoms with Crippen LogP contribution < -0.4 is 15.0 Å². The van der Waals surface area contributed by atoms with E-state index in [-0.39, 0.29) is 22.5 Å². The molecule has 7 nitrogen and oxygen atoms in total. The van der Waals surface area contributed by atoms with Crippen LogP contribution in [0.4, 0.5) is 10.1 Å². The maximum atomic E-state index is 13.9. The lowest BCUT2D eigenvalue weighted by Crippen LogP contribution is -2.40. The van der Waals surface area contributed by atoms with Gasteiger partial charge in [0.15, 0.2) is 12.4 Å². The summed E-state index contributed by atoms with van der Waals surface area (Å²) in [6.07, 6.45) is 4.17. The van der Waals surface area contributed by atoms with Crippen LogP contribution >= 0.6 is 0 Å². The first kappa shape index (κ1) is 24.1. The Morgan fingerprint density at radius 3 is 2.35 bits per heavy atom. The van der Waals surface area contributed by atoms with Crippen LogP contribution in [0.15, 0.2) is 71.8 Å². The predicted molar refractivity (Wildman–Crippen MR) is 139 cm³/mol. The minimum absolute atomic E-state index is 0.00478. The monoisotopic (exact) mass is 497 g/mol. The molecule has 186 valence electrons. The molecule has 0 bridgehead atoms. The molecule has 0 fully saturated rings. The topological polar surface area (TPSA) is 79.1 Å². The van der Waals surface area contributed by atoms with Crippen molar-refractivity contribution >= 4 is 28.8 Å².